The standard InChI is InChI=1S/C27H31N3O5S/c1-3-29(4-2)23-12-10-22(11-13-23)28-27(31)20-30(19-21-8-6-5-7-9-21)36(32,33)24-14-15-25-26(18-24)35-17-16-34-25/h5-15,18H,3-4,16-17,19-20H2,1-2H3,(H,28,31). The van der Waals surface area contributed by atoms with Gasteiger partial charge in [0, 0.05) is 37.1 Å². The zero-order valence-corrected chi connectivity index (χ0v) is 21.3. The molecule has 1 amide bonds. The fraction of sp³-hybridized carbons (Fsp3) is 0.296. The van der Waals surface area contributed by atoms with E-state index in [4.69, 9.17) is 9.47 Å². The number of benzene rings is 3. The molecule has 0 saturated carbocycles. The number of sulfonamides is 1. The van der Waals surface area contributed by atoms with Crippen molar-refractivity contribution in [1.29, 1.82) is 0 Å². The van der Waals surface area contributed by atoms with E-state index in [2.05, 4.69) is 24.1 Å². The van der Waals surface area contributed by atoms with E-state index in [1.165, 1.54) is 16.4 Å². The molecule has 4 rings (SSSR count). The van der Waals surface area contributed by atoms with Gasteiger partial charge in [-0.3, -0.25) is 4.79 Å². The quantitative estimate of drug-likeness (QED) is 0.442. The summed E-state index contributed by atoms with van der Waals surface area (Å²) in [7, 11) is -4.01. The lowest BCUT2D eigenvalue weighted by Gasteiger charge is -2.24. The van der Waals surface area contributed by atoms with E-state index in [0.29, 0.717) is 30.4 Å². The van der Waals surface area contributed by atoms with E-state index in [1.54, 1.807) is 6.07 Å². The fourth-order valence-corrected chi connectivity index (χ4v) is 5.45. The molecule has 0 aromatic heterocycles. The second kappa shape index (κ2) is 11.5. The molecule has 0 aliphatic carbocycles. The van der Waals surface area contributed by atoms with Crippen LogP contribution in [-0.2, 0) is 21.4 Å². The van der Waals surface area contributed by atoms with Crippen LogP contribution in [0.1, 0.15) is 19.4 Å². The predicted molar refractivity (Wildman–Crippen MR) is 140 cm³/mol. The Morgan fingerprint density at radius 2 is 1.56 bits per heavy atom. The largest absolute Gasteiger partial charge is 0.486 e. The van der Waals surface area contributed by atoms with Crippen LogP contribution in [0.4, 0.5) is 11.4 Å². The van der Waals surface area contributed by atoms with Gasteiger partial charge in [-0.05, 0) is 55.8 Å². The average Bonchev–Trinajstić information content (AvgIpc) is 2.90. The van der Waals surface area contributed by atoms with E-state index in [0.717, 1.165) is 24.3 Å². The second-order valence-electron chi connectivity index (χ2n) is 8.33. The van der Waals surface area contributed by atoms with Crippen molar-refractivity contribution in [2.75, 3.05) is 43.1 Å². The summed E-state index contributed by atoms with van der Waals surface area (Å²) < 4.78 is 39.5. The Morgan fingerprint density at radius 1 is 0.889 bits per heavy atom. The summed E-state index contributed by atoms with van der Waals surface area (Å²) in [6, 6.07) is 21.2. The number of fused-ring (bicyclic) bond motifs is 1. The molecule has 3 aromatic carbocycles. The first-order valence-electron chi connectivity index (χ1n) is 12.0. The molecule has 1 aliphatic heterocycles. The highest BCUT2D eigenvalue weighted by molar-refractivity contribution is 7.89. The Balaban J connectivity index is 1.55. The van der Waals surface area contributed by atoms with Gasteiger partial charge >= 0.3 is 0 Å². The summed E-state index contributed by atoms with van der Waals surface area (Å²) in [5.41, 5.74) is 2.44. The number of hydrogen-bond donors (Lipinski definition) is 1. The smallest absolute Gasteiger partial charge is 0.243 e. The first-order chi connectivity index (χ1) is 17.4. The summed E-state index contributed by atoms with van der Waals surface area (Å²) in [6.07, 6.45) is 0. The van der Waals surface area contributed by atoms with Crippen LogP contribution >= 0.6 is 0 Å². The SMILES string of the molecule is CCN(CC)c1ccc(NC(=O)CN(Cc2ccccc2)S(=O)(=O)c2ccc3c(c2)OCCO3)cc1. The maximum Gasteiger partial charge on any atom is 0.243 e. The van der Waals surface area contributed by atoms with Crippen LogP contribution < -0.4 is 19.7 Å². The van der Waals surface area contributed by atoms with Crippen LogP contribution in [0.5, 0.6) is 11.5 Å². The highest BCUT2D eigenvalue weighted by Crippen LogP contribution is 2.33. The number of carbonyl (C=O) groups excluding carboxylic acids is 1. The molecule has 8 nitrogen and oxygen atoms in total. The molecule has 190 valence electrons. The van der Waals surface area contributed by atoms with E-state index in [1.807, 2.05) is 54.6 Å². The van der Waals surface area contributed by atoms with Crippen LogP contribution in [0.15, 0.2) is 77.7 Å². The van der Waals surface area contributed by atoms with Crippen LogP contribution in [0.2, 0.25) is 0 Å². The van der Waals surface area contributed by atoms with Gasteiger partial charge in [0.2, 0.25) is 15.9 Å². The van der Waals surface area contributed by atoms with Crippen LogP contribution in [0.3, 0.4) is 0 Å². The molecule has 0 unspecified atom stereocenters. The number of hydrogen-bond acceptors (Lipinski definition) is 6. The van der Waals surface area contributed by atoms with Gasteiger partial charge in [0.15, 0.2) is 11.5 Å². The molecule has 0 bridgehead atoms. The molecule has 9 heteroatoms. The molecule has 0 fully saturated rings. The average molecular weight is 510 g/mol. The van der Waals surface area contributed by atoms with Gasteiger partial charge in [-0.25, -0.2) is 8.42 Å². The molecule has 1 aliphatic rings. The summed E-state index contributed by atoms with van der Waals surface area (Å²) in [5.74, 6) is 0.447. The van der Waals surface area contributed by atoms with Gasteiger partial charge in [0.1, 0.15) is 13.2 Å². The zero-order chi connectivity index (χ0) is 25.5. The van der Waals surface area contributed by atoms with E-state index >= 15 is 0 Å². The fourth-order valence-electron chi connectivity index (χ4n) is 4.05. The third-order valence-electron chi connectivity index (χ3n) is 5.95. The van der Waals surface area contributed by atoms with E-state index in [9.17, 15) is 13.2 Å². The Labute approximate surface area is 212 Å². The molecule has 0 radical (unpaired) electrons. The lowest BCUT2D eigenvalue weighted by atomic mass is 10.2. The Kier molecular flexibility index (Phi) is 8.12. The number of ether oxygens (including phenoxy) is 2. The maximum atomic E-state index is 13.6. The van der Waals surface area contributed by atoms with Crippen molar-refractivity contribution < 1.29 is 22.7 Å². The summed E-state index contributed by atoms with van der Waals surface area (Å²) in [5, 5.41) is 2.83. The number of carbonyl (C=O) groups is 1. The third-order valence-corrected chi connectivity index (χ3v) is 7.74. The van der Waals surface area contributed by atoms with E-state index < -0.39 is 15.9 Å². The molecule has 0 atom stereocenters. The highest BCUT2D eigenvalue weighted by Gasteiger charge is 2.28. The molecule has 0 spiro atoms. The molecule has 0 saturated heterocycles. The van der Waals surface area contributed by atoms with Crippen molar-refractivity contribution in [3.63, 3.8) is 0 Å². The summed E-state index contributed by atoms with van der Waals surface area (Å²) in [6.45, 7) is 6.40. The predicted octanol–water partition coefficient (Wildman–Crippen LogP) is 4.13. The third kappa shape index (κ3) is 5.98. The van der Waals surface area contributed by atoms with E-state index in [-0.39, 0.29) is 18.0 Å². The van der Waals surface area contributed by atoms with Gasteiger partial charge in [-0.2, -0.15) is 4.31 Å². The second-order valence-corrected chi connectivity index (χ2v) is 10.3. The number of anilines is 2. The molecule has 1 N–H and O–H groups in total. The van der Waals surface area contributed by atoms with Crippen LogP contribution in [-0.4, -0.2) is 51.5 Å². The van der Waals surface area contributed by atoms with Gasteiger partial charge in [0.25, 0.3) is 0 Å². The number of amides is 1. The summed E-state index contributed by atoms with van der Waals surface area (Å²) >= 11 is 0. The van der Waals surface area contributed by atoms with Crippen molar-refractivity contribution in [3.05, 3.63) is 78.4 Å². The minimum atomic E-state index is -4.01. The van der Waals surface area contributed by atoms with Crippen LogP contribution in [0.25, 0.3) is 0 Å². The summed E-state index contributed by atoms with van der Waals surface area (Å²) in [4.78, 5) is 15.2. The van der Waals surface area contributed by atoms with Gasteiger partial charge in [0.05, 0.1) is 11.4 Å². The topological polar surface area (TPSA) is 88.2 Å². The Hall–Kier alpha value is -3.56. The zero-order valence-electron chi connectivity index (χ0n) is 20.5. The molecule has 36 heavy (non-hydrogen) atoms. The maximum absolute atomic E-state index is 13.6. The Bertz CT molecular complexity index is 1280. The Morgan fingerprint density at radius 3 is 2.22 bits per heavy atom. The highest BCUT2D eigenvalue weighted by atomic mass is 32.2. The molecule has 3 aromatic rings. The van der Waals surface area contributed by atoms with Crippen LogP contribution in [0, 0.1) is 0 Å². The molecular formula is C27H31N3O5S. The number of nitrogens with one attached hydrogen (secondary N) is 1. The molecular weight excluding hydrogens is 478 g/mol. The van der Waals surface area contributed by atoms with Crippen molar-refractivity contribution in [3.8, 4) is 11.5 Å². The molecule has 1 heterocycles. The first-order valence-corrected chi connectivity index (χ1v) is 13.4. The number of nitrogens with zero attached hydrogens (tertiary/aromatic N) is 2. The number of rotatable bonds is 10. The van der Waals surface area contributed by atoms with Crippen molar-refractivity contribution in [2.24, 2.45) is 0 Å². The first kappa shape index (κ1) is 25.5. The minimum Gasteiger partial charge on any atom is -0.486 e. The van der Waals surface area contributed by atoms with Gasteiger partial charge in [-0.1, -0.05) is 30.3 Å². The van der Waals surface area contributed by atoms with Crippen molar-refractivity contribution in [2.45, 2.75) is 25.3 Å². The van der Waals surface area contributed by atoms with Gasteiger partial charge in [-0.15, -0.1) is 0 Å². The van der Waals surface area contributed by atoms with Crippen molar-refractivity contribution >= 4 is 27.3 Å². The normalized spacial score (nSPS) is 12.9. The minimum absolute atomic E-state index is 0.0408. The van der Waals surface area contributed by atoms with Crippen molar-refractivity contribution in [1.82, 2.24) is 4.31 Å². The lowest BCUT2D eigenvalue weighted by Crippen LogP contribution is -2.37. The lowest BCUT2D eigenvalue weighted by molar-refractivity contribution is -0.116. The van der Waals surface area contributed by atoms with Gasteiger partial charge < -0.3 is 19.7 Å². The monoisotopic (exact) mass is 509 g/mol.